The van der Waals surface area contributed by atoms with Crippen molar-refractivity contribution in [1.29, 1.82) is 0 Å². The van der Waals surface area contributed by atoms with Crippen molar-refractivity contribution in [2.24, 2.45) is 0 Å². The second-order valence-electron chi connectivity index (χ2n) is 6.52. The van der Waals surface area contributed by atoms with Gasteiger partial charge in [-0.3, -0.25) is 19.5 Å². The van der Waals surface area contributed by atoms with Gasteiger partial charge in [-0.25, -0.2) is 0 Å². The molecule has 0 fully saturated rings. The van der Waals surface area contributed by atoms with Gasteiger partial charge in [0.05, 0.1) is 10.6 Å². The number of hydrogen-bond donors (Lipinski definition) is 1. The molecule has 1 aliphatic heterocycles. The average molecular weight is 401 g/mol. The van der Waals surface area contributed by atoms with Gasteiger partial charge in [0.25, 0.3) is 5.91 Å². The number of para-hydroxylation sites is 1. The summed E-state index contributed by atoms with van der Waals surface area (Å²) in [5, 5.41) is 2.86. The van der Waals surface area contributed by atoms with Crippen molar-refractivity contribution in [3.63, 3.8) is 0 Å². The molecule has 2 heterocycles. The van der Waals surface area contributed by atoms with Crippen molar-refractivity contribution in [2.75, 3.05) is 11.4 Å². The normalized spacial score (nSPS) is 14.6. The zero-order valence-corrected chi connectivity index (χ0v) is 16.4. The van der Waals surface area contributed by atoms with E-state index in [1.54, 1.807) is 17.3 Å². The highest BCUT2D eigenvalue weighted by Gasteiger charge is 2.30. The van der Waals surface area contributed by atoms with Crippen LogP contribution in [0.25, 0.3) is 6.08 Å². The average Bonchev–Trinajstić information content (AvgIpc) is 2.76. The van der Waals surface area contributed by atoms with Crippen LogP contribution in [-0.2, 0) is 16.1 Å². The van der Waals surface area contributed by atoms with Gasteiger partial charge in [0.1, 0.15) is 6.54 Å². The van der Waals surface area contributed by atoms with E-state index in [1.165, 1.54) is 11.8 Å². The first-order valence-corrected chi connectivity index (χ1v) is 10.0. The van der Waals surface area contributed by atoms with Crippen LogP contribution in [0.5, 0.6) is 0 Å². The highest BCUT2D eigenvalue weighted by Crippen LogP contribution is 2.41. The Bertz CT molecular complexity index is 1050. The molecule has 0 saturated carbocycles. The summed E-state index contributed by atoms with van der Waals surface area (Å²) in [6, 6.07) is 21.1. The van der Waals surface area contributed by atoms with Crippen LogP contribution in [0.3, 0.4) is 0 Å². The van der Waals surface area contributed by atoms with Gasteiger partial charge in [-0.1, -0.05) is 60.3 Å². The number of anilines is 1. The number of hydrogen-bond acceptors (Lipinski definition) is 4. The Hall–Kier alpha value is -3.38. The number of carbonyl (C=O) groups is 2. The molecule has 3 aromatic rings. The molecule has 0 bridgehead atoms. The predicted molar refractivity (Wildman–Crippen MR) is 115 cm³/mol. The van der Waals surface area contributed by atoms with E-state index in [1.807, 2.05) is 72.8 Å². The van der Waals surface area contributed by atoms with Gasteiger partial charge in [-0.05, 0) is 35.4 Å². The number of benzene rings is 2. The molecule has 6 heteroatoms. The zero-order chi connectivity index (χ0) is 20.1. The lowest BCUT2D eigenvalue weighted by Gasteiger charge is -2.29. The summed E-state index contributed by atoms with van der Waals surface area (Å²) >= 11 is 1.43. The van der Waals surface area contributed by atoms with Gasteiger partial charge in [0.15, 0.2) is 0 Å². The first kappa shape index (κ1) is 19.0. The van der Waals surface area contributed by atoms with E-state index in [2.05, 4.69) is 10.3 Å². The molecule has 0 radical (unpaired) electrons. The molecule has 0 spiro atoms. The summed E-state index contributed by atoms with van der Waals surface area (Å²) in [4.78, 5) is 32.8. The van der Waals surface area contributed by atoms with Gasteiger partial charge in [0, 0.05) is 23.8 Å². The molecule has 0 atom stereocenters. The second-order valence-corrected chi connectivity index (χ2v) is 7.60. The summed E-state index contributed by atoms with van der Waals surface area (Å²) in [6.07, 6.45) is 5.26. The van der Waals surface area contributed by atoms with Crippen LogP contribution < -0.4 is 10.2 Å². The monoisotopic (exact) mass is 401 g/mol. The van der Waals surface area contributed by atoms with Gasteiger partial charge in [0.2, 0.25) is 5.91 Å². The minimum atomic E-state index is -0.219. The summed E-state index contributed by atoms with van der Waals surface area (Å²) in [7, 11) is 0. The number of aromatic nitrogens is 1. The maximum absolute atomic E-state index is 13.1. The van der Waals surface area contributed by atoms with Crippen LogP contribution in [0, 0.1) is 0 Å². The number of pyridine rings is 1. The molecule has 0 unspecified atom stereocenters. The van der Waals surface area contributed by atoms with E-state index in [0.29, 0.717) is 11.4 Å². The van der Waals surface area contributed by atoms with E-state index in [4.69, 9.17) is 0 Å². The zero-order valence-electron chi connectivity index (χ0n) is 15.6. The van der Waals surface area contributed by atoms with Crippen LogP contribution in [0.1, 0.15) is 11.1 Å². The number of fused-ring (bicyclic) bond motifs is 1. The summed E-state index contributed by atoms with van der Waals surface area (Å²) in [5.41, 5.74) is 2.61. The van der Waals surface area contributed by atoms with E-state index in [0.717, 1.165) is 21.7 Å². The molecular formula is C23H19N3O2S. The molecule has 5 nitrogen and oxygen atoms in total. The number of rotatable bonds is 5. The number of nitrogens with one attached hydrogen (secondary N) is 1. The Kier molecular flexibility index (Phi) is 5.72. The van der Waals surface area contributed by atoms with Crippen LogP contribution in [0.2, 0.25) is 0 Å². The van der Waals surface area contributed by atoms with Gasteiger partial charge in [-0.2, -0.15) is 0 Å². The molecule has 4 rings (SSSR count). The van der Waals surface area contributed by atoms with Crippen molar-refractivity contribution in [3.05, 3.63) is 95.2 Å². The van der Waals surface area contributed by atoms with Gasteiger partial charge >= 0.3 is 0 Å². The fourth-order valence-corrected chi connectivity index (χ4v) is 4.08. The SMILES string of the molecule is O=C(CN1C(=O)C(=Cc2ccccc2)Sc2ccccc21)NCc1cccnc1. The minimum absolute atomic E-state index is 0.0389. The van der Waals surface area contributed by atoms with Crippen LogP contribution >= 0.6 is 11.8 Å². The second kappa shape index (κ2) is 8.75. The molecule has 144 valence electrons. The van der Waals surface area contributed by atoms with E-state index in [-0.39, 0.29) is 18.4 Å². The lowest BCUT2D eigenvalue weighted by atomic mass is 10.2. The fraction of sp³-hybridized carbons (Fsp3) is 0.0870. The maximum atomic E-state index is 13.1. The van der Waals surface area contributed by atoms with Crippen LogP contribution in [0.4, 0.5) is 5.69 Å². The molecule has 1 aromatic heterocycles. The predicted octanol–water partition coefficient (Wildman–Crippen LogP) is 3.88. The molecule has 0 saturated heterocycles. The summed E-state index contributed by atoms with van der Waals surface area (Å²) in [5.74, 6) is -0.392. The largest absolute Gasteiger partial charge is 0.350 e. The van der Waals surface area contributed by atoms with Crippen LogP contribution in [-0.4, -0.2) is 23.3 Å². The fourth-order valence-electron chi connectivity index (χ4n) is 3.02. The minimum Gasteiger partial charge on any atom is -0.350 e. The lowest BCUT2D eigenvalue weighted by Crippen LogP contribution is -2.42. The Morgan fingerprint density at radius 2 is 1.83 bits per heavy atom. The standard InChI is InChI=1S/C23H19N3O2S/c27-22(25-15-18-9-6-12-24-14-18)16-26-19-10-4-5-11-20(19)29-21(23(26)28)13-17-7-2-1-3-8-17/h1-14H,15-16H2,(H,25,27). The molecule has 2 aromatic carbocycles. The van der Waals surface area contributed by atoms with Gasteiger partial charge < -0.3 is 5.32 Å². The third-order valence-corrected chi connectivity index (χ3v) is 5.52. The molecule has 1 N–H and O–H groups in total. The van der Waals surface area contributed by atoms with Crippen molar-refractivity contribution in [1.82, 2.24) is 10.3 Å². The number of carbonyl (C=O) groups excluding carboxylic acids is 2. The first-order valence-electron chi connectivity index (χ1n) is 9.22. The molecule has 29 heavy (non-hydrogen) atoms. The topological polar surface area (TPSA) is 62.3 Å². The van der Waals surface area contributed by atoms with Crippen molar-refractivity contribution in [2.45, 2.75) is 11.4 Å². The van der Waals surface area contributed by atoms with Gasteiger partial charge in [-0.15, -0.1) is 0 Å². The van der Waals surface area contributed by atoms with Crippen molar-refractivity contribution < 1.29 is 9.59 Å². The highest BCUT2D eigenvalue weighted by molar-refractivity contribution is 8.04. The van der Waals surface area contributed by atoms with Crippen molar-refractivity contribution in [3.8, 4) is 0 Å². The lowest BCUT2D eigenvalue weighted by molar-refractivity contribution is -0.122. The third-order valence-electron chi connectivity index (χ3n) is 4.44. The summed E-state index contributed by atoms with van der Waals surface area (Å²) < 4.78 is 0. The Balaban J connectivity index is 1.55. The third kappa shape index (κ3) is 4.55. The molecule has 2 amide bonds. The Morgan fingerprint density at radius 1 is 1.03 bits per heavy atom. The van der Waals surface area contributed by atoms with E-state index in [9.17, 15) is 9.59 Å². The maximum Gasteiger partial charge on any atom is 0.265 e. The number of thioether (sulfide) groups is 1. The van der Waals surface area contributed by atoms with E-state index >= 15 is 0 Å². The van der Waals surface area contributed by atoms with E-state index < -0.39 is 0 Å². The number of amides is 2. The highest BCUT2D eigenvalue weighted by atomic mass is 32.2. The number of nitrogens with zero attached hydrogens (tertiary/aromatic N) is 2. The Labute approximate surface area is 173 Å². The first-order chi connectivity index (χ1) is 14.2. The quantitative estimate of drug-likeness (QED) is 0.659. The Morgan fingerprint density at radius 3 is 2.62 bits per heavy atom. The van der Waals surface area contributed by atoms with Crippen molar-refractivity contribution >= 4 is 35.3 Å². The molecule has 1 aliphatic rings. The molecular weight excluding hydrogens is 382 g/mol. The molecule has 0 aliphatic carbocycles. The van der Waals surface area contributed by atoms with Crippen LogP contribution in [0.15, 0.2) is 88.9 Å². The summed E-state index contributed by atoms with van der Waals surface area (Å²) in [6.45, 7) is 0.334. The smallest absolute Gasteiger partial charge is 0.265 e.